The first-order valence-electron chi connectivity index (χ1n) is 17.6. The van der Waals surface area contributed by atoms with Crippen LogP contribution in [0.25, 0.3) is 60.6 Å². The third kappa shape index (κ3) is 5.62. The monoisotopic (exact) mass is 662 g/mol. The summed E-state index contributed by atoms with van der Waals surface area (Å²) < 4.78 is 8.78. The second-order valence-electron chi connectivity index (χ2n) is 13.5. The lowest BCUT2D eigenvalue weighted by molar-refractivity contribution is 0.180. The van der Waals surface area contributed by atoms with Crippen LogP contribution >= 0.6 is 0 Å². The van der Waals surface area contributed by atoms with Gasteiger partial charge < -0.3 is 14.7 Å². The minimum Gasteiger partial charge on any atom is -0.456 e. The van der Waals surface area contributed by atoms with Gasteiger partial charge in [-0.2, -0.15) is 5.10 Å². The quantitative estimate of drug-likeness (QED) is 0.100. The van der Waals surface area contributed by atoms with Crippen molar-refractivity contribution in [3.05, 3.63) is 175 Å². The van der Waals surface area contributed by atoms with E-state index in [-0.39, 0.29) is 11.8 Å². The molecule has 5 nitrogen and oxygen atoms in total. The molecule has 51 heavy (non-hydrogen) atoms. The number of rotatable bonds is 8. The lowest BCUT2D eigenvalue weighted by atomic mass is 9.86. The molecular weight excluding hydrogens is 625 g/mol. The van der Waals surface area contributed by atoms with Gasteiger partial charge in [0.15, 0.2) is 0 Å². The molecule has 9 rings (SSSR count). The smallest absolute Gasteiger partial charge is 0.136 e. The molecule has 1 aliphatic rings. The highest BCUT2D eigenvalue weighted by Gasteiger charge is 2.29. The van der Waals surface area contributed by atoms with E-state index in [1.807, 2.05) is 42.6 Å². The van der Waals surface area contributed by atoms with Crippen molar-refractivity contribution in [3.63, 3.8) is 0 Å². The summed E-state index contributed by atoms with van der Waals surface area (Å²) in [5.74, 6) is 0.319. The van der Waals surface area contributed by atoms with Crippen molar-refractivity contribution in [3.8, 4) is 11.1 Å². The Morgan fingerprint density at radius 2 is 1.43 bits per heavy atom. The highest BCUT2D eigenvalue weighted by atomic mass is 16.3. The Morgan fingerprint density at radius 3 is 2.27 bits per heavy atom. The maximum atomic E-state index is 7.14. The molecule has 0 amide bonds. The van der Waals surface area contributed by atoms with E-state index < -0.39 is 6.17 Å². The third-order valence-corrected chi connectivity index (χ3v) is 10.4. The zero-order valence-electron chi connectivity index (χ0n) is 28.4. The van der Waals surface area contributed by atoms with Gasteiger partial charge >= 0.3 is 0 Å². The van der Waals surface area contributed by atoms with Crippen LogP contribution in [0.4, 0.5) is 0 Å². The van der Waals surface area contributed by atoms with Crippen LogP contribution in [0.5, 0.6) is 0 Å². The molecule has 1 aliphatic carbocycles. The molecule has 5 heteroatoms. The Labute approximate surface area is 297 Å². The van der Waals surface area contributed by atoms with Crippen LogP contribution in [0.15, 0.2) is 173 Å². The standard InChI is InChI=1S/C46H38N4O/c1-31-36(30-49(48-29-32-14-4-2-5-15-32)46(47)35-19-12-18-34(26-35)33-16-6-3-7-17-33)20-13-24-41(31)50-42-23-10-8-21-37(42)39-28-45-40(27-43(39)50)38-22-9-11-25-44(38)51-45/h2-29,31,36,46H,30,47H2,1H3/b48-29+. The number of hydrogen-bond acceptors (Lipinski definition) is 4. The van der Waals surface area contributed by atoms with Gasteiger partial charge in [0.05, 0.1) is 17.2 Å². The van der Waals surface area contributed by atoms with Gasteiger partial charge in [0.1, 0.15) is 17.3 Å². The van der Waals surface area contributed by atoms with E-state index in [0.29, 0.717) is 6.54 Å². The first-order valence-corrected chi connectivity index (χ1v) is 17.6. The first-order chi connectivity index (χ1) is 25.1. The highest BCUT2D eigenvalue weighted by molar-refractivity contribution is 6.17. The van der Waals surface area contributed by atoms with Gasteiger partial charge in [-0.15, -0.1) is 0 Å². The molecule has 0 fully saturated rings. The van der Waals surface area contributed by atoms with E-state index in [2.05, 4.69) is 144 Å². The minimum absolute atomic E-state index is 0.149. The fraction of sp³-hybridized carbons (Fsp3) is 0.109. The molecule has 2 aromatic heterocycles. The first kappa shape index (κ1) is 30.9. The van der Waals surface area contributed by atoms with Crippen molar-refractivity contribution in [2.24, 2.45) is 22.7 Å². The van der Waals surface area contributed by atoms with Crippen LogP contribution in [0.2, 0.25) is 0 Å². The molecular formula is C46H38N4O. The second kappa shape index (κ2) is 12.9. The predicted octanol–water partition coefficient (Wildman–Crippen LogP) is 11.0. The normalized spacial score (nSPS) is 16.8. The van der Waals surface area contributed by atoms with Crippen molar-refractivity contribution in [2.75, 3.05) is 6.54 Å². The number of allylic oxidation sites excluding steroid dienone is 3. The van der Waals surface area contributed by atoms with Crippen LogP contribution in [-0.4, -0.2) is 22.3 Å². The summed E-state index contributed by atoms with van der Waals surface area (Å²) >= 11 is 0. The summed E-state index contributed by atoms with van der Waals surface area (Å²) in [5.41, 5.74) is 16.9. The average molecular weight is 663 g/mol. The molecule has 0 spiro atoms. The van der Waals surface area contributed by atoms with Gasteiger partial charge in [0.25, 0.3) is 0 Å². The Bertz CT molecular complexity index is 2610. The molecule has 2 N–H and O–H groups in total. The van der Waals surface area contributed by atoms with E-state index in [1.54, 1.807) is 0 Å². The molecule has 0 bridgehead atoms. The van der Waals surface area contributed by atoms with Gasteiger partial charge in [0.2, 0.25) is 0 Å². The molecule has 3 atom stereocenters. The van der Waals surface area contributed by atoms with Gasteiger partial charge in [-0.05, 0) is 58.7 Å². The Balaban J connectivity index is 1.10. The fourth-order valence-electron chi connectivity index (χ4n) is 7.63. The van der Waals surface area contributed by atoms with E-state index in [1.165, 1.54) is 27.5 Å². The lowest BCUT2D eigenvalue weighted by Crippen LogP contribution is -2.36. The minimum atomic E-state index is -0.445. The van der Waals surface area contributed by atoms with Crippen LogP contribution in [0, 0.1) is 11.8 Å². The highest BCUT2D eigenvalue weighted by Crippen LogP contribution is 2.41. The third-order valence-electron chi connectivity index (χ3n) is 10.4. The Kier molecular flexibility index (Phi) is 7.83. The predicted molar refractivity (Wildman–Crippen MR) is 212 cm³/mol. The molecule has 3 unspecified atom stereocenters. The van der Waals surface area contributed by atoms with Gasteiger partial charge in [0, 0.05) is 45.6 Å². The molecule has 0 saturated heterocycles. The van der Waals surface area contributed by atoms with Crippen LogP contribution in [0.3, 0.4) is 0 Å². The topological polar surface area (TPSA) is 59.7 Å². The Hall–Kier alpha value is -6.17. The summed E-state index contributed by atoms with van der Waals surface area (Å²) in [6.07, 6.45) is 8.25. The summed E-state index contributed by atoms with van der Waals surface area (Å²) in [6, 6.07) is 50.7. The fourth-order valence-corrected chi connectivity index (χ4v) is 7.63. The molecule has 8 aromatic rings. The molecule has 6 aromatic carbocycles. The van der Waals surface area contributed by atoms with Crippen LogP contribution < -0.4 is 5.73 Å². The van der Waals surface area contributed by atoms with Crippen LogP contribution in [-0.2, 0) is 0 Å². The molecule has 2 heterocycles. The van der Waals surface area contributed by atoms with E-state index >= 15 is 0 Å². The van der Waals surface area contributed by atoms with Crippen molar-refractivity contribution in [2.45, 2.75) is 13.1 Å². The van der Waals surface area contributed by atoms with Gasteiger partial charge in [-0.3, -0.25) is 5.01 Å². The van der Waals surface area contributed by atoms with E-state index in [9.17, 15) is 0 Å². The van der Waals surface area contributed by atoms with Gasteiger partial charge in [-0.25, -0.2) is 0 Å². The number of furan rings is 1. The van der Waals surface area contributed by atoms with Crippen molar-refractivity contribution in [1.29, 1.82) is 0 Å². The van der Waals surface area contributed by atoms with Crippen molar-refractivity contribution >= 4 is 55.7 Å². The summed E-state index contributed by atoms with van der Waals surface area (Å²) in [7, 11) is 0. The maximum absolute atomic E-state index is 7.14. The van der Waals surface area contributed by atoms with Crippen molar-refractivity contribution in [1.82, 2.24) is 9.58 Å². The average Bonchev–Trinajstić information content (AvgIpc) is 3.71. The zero-order chi connectivity index (χ0) is 34.3. The summed E-state index contributed by atoms with van der Waals surface area (Å²) in [6.45, 7) is 2.97. The number of hydrogen-bond donors (Lipinski definition) is 1. The SMILES string of the molecule is CC1C(n2c3ccccc3c3cc4oc5ccccc5c4cc32)=CC=CC1CN(/N=C/c1ccccc1)C(N)c1cccc(-c2ccccc2)c1. The second-order valence-corrected chi connectivity index (χ2v) is 13.5. The lowest BCUT2D eigenvalue weighted by Gasteiger charge is -2.34. The maximum Gasteiger partial charge on any atom is 0.136 e. The number of nitrogens with zero attached hydrogens (tertiary/aromatic N) is 3. The number of aromatic nitrogens is 1. The zero-order valence-corrected chi connectivity index (χ0v) is 28.4. The number of hydrazone groups is 1. The molecule has 0 saturated carbocycles. The molecule has 0 radical (unpaired) electrons. The van der Waals surface area contributed by atoms with E-state index in [4.69, 9.17) is 15.3 Å². The summed E-state index contributed by atoms with van der Waals surface area (Å²) in [5, 5.41) is 11.8. The van der Waals surface area contributed by atoms with Crippen molar-refractivity contribution < 1.29 is 4.42 Å². The van der Waals surface area contributed by atoms with Gasteiger partial charge in [-0.1, -0.05) is 134 Å². The summed E-state index contributed by atoms with van der Waals surface area (Å²) in [4.78, 5) is 0. The molecule has 248 valence electrons. The Morgan fingerprint density at radius 1 is 0.706 bits per heavy atom. The number of para-hydroxylation sites is 2. The van der Waals surface area contributed by atoms with E-state index in [0.717, 1.165) is 44.2 Å². The molecule has 0 aliphatic heterocycles. The number of benzene rings is 6. The number of fused-ring (bicyclic) bond motifs is 6. The largest absolute Gasteiger partial charge is 0.456 e. The number of nitrogens with two attached hydrogens (primary N) is 1. The van der Waals surface area contributed by atoms with Crippen LogP contribution in [0.1, 0.15) is 24.2 Å².